The molecule has 2 aromatic rings. The van der Waals surface area contributed by atoms with Crippen LogP contribution >= 0.6 is 12.2 Å². The second-order valence-electron chi connectivity index (χ2n) is 3.21. The van der Waals surface area contributed by atoms with Crippen molar-refractivity contribution in [1.82, 2.24) is 20.6 Å². The van der Waals surface area contributed by atoms with Crippen LogP contribution in [0.1, 0.15) is 11.3 Å². The third-order valence-corrected chi connectivity index (χ3v) is 2.11. The maximum atomic E-state index is 5.23. The van der Waals surface area contributed by atoms with E-state index >= 15 is 0 Å². The molecule has 4 N–H and O–H groups in total. The van der Waals surface area contributed by atoms with Crippen LogP contribution in [0.4, 0.5) is 0 Å². The Kier molecular flexibility index (Phi) is 2.78. The van der Waals surface area contributed by atoms with E-state index in [0.717, 1.165) is 22.3 Å². The molecule has 0 saturated carbocycles. The molecule has 82 valence electrons. The van der Waals surface area contributed by atoms with Gasteiger partial charge in [0.15, 0.2) is 10.8 Å². The SMILES string of the molecule is Cc1n[nH]c2ncc(/C=N/NC(N)=S)cc12. The molecule has 2 rings (SSSR count). The number of nitrogens with zero attached hydrogens (tertiary/aromatic N) is 3. The van der Waals surface area contributed by atoms with Crippen LogP contribution in [0.3, 0.4) is 0 Å². The number of rotatable bonds is 2. The number of thiocarbonyl (C=S) groups is 1. The first-order chi connectivity index (χ1) is 7.66. The lowest BCUT2D eigenvalue weighted by atomic mass is 10.2. The van der Waals surface area contributed by atoms with Crippen molar-refractivity contribution < 1.29 is 0 Å². The molecule has 0 aliphatic carbocycles. The molecule has 6 nitrogen and oxygen atoms in total. The summed E-state index contributed by atoms with van der Waals surface area (Å²) in [4.78, 5) is 4.20. The number of nitrogens with two attached hydrogens (primary N) is 1. The number of fused-ring (bicyclic) bond motifs is 1. The average Bonchev–Trinajstić information content (AvgIpc) is 2.60. The van der Waals surface area contributed by atoms with Crippen LogP contribution in [-0.4, -0.2) is 26.5 Å². The van der Waals surface area contributed by atoms with Gasteiger partial charge in [0.1, 0.15) is 0 Å². The van der Waals surface area contributed by atoms with E-state index in [1.807, 2.05) is 13.0 Å². The van der Waals surface area contributed by atoms with Crippen molar-refractivity contribution in [2.75, 3.05) is 0 Å². The average molecular weight is 234 g/mol. The summed E-state index contributed by atoms with van der Waals surface area (Å²) in [7, 11) is 0. The summed E-state index contributed by atoms with van der Waals surface area (Å²) >= 11 is 4.62. The quantitative estimate of drug-likeness (QED) is 0.398. The van der Waals surface area contributed by atoms with Gasteiger partial charge in [-0.3, -0.25) is 10.5 Å². The highest BCUT2D eigenvalue weighted by Gasteiger charge is 2.02. The molecule has 2 aromatic heterocycles. The summed E-state index contributed by atoms with van der Waals surface area (Å²) in [6.07, 6.45) is 3.28. The Morgan fingerprint density at radius 3 is 3.25 bits per heavy atom. The fourth-order valence-corrected chi connectivity index (χ4v) is 1.34. The first-order valence-corrected chi connectivity index (χ1v) is 4.97. The molecule has 16 heavy (non-hydrogen) atoms. The summed E-state index contributed by atoms with van der Waals surface area (Å²) in [5, 5.41) is 11.8. The van der Waals surface area contributed by atoms with E-state index in [1.165, 1.54) is 0 Å². The monoisotopic (exact) mass is 234 g/mol. The van der Waals surface area contributed by atoms with Gasteiger partial charge >= 0.3 is 0 Å². The summed E-state index contributed by atoms with van der Waals surface area (Å²) < 4.78 is 0. The van der Waals surface area contributed by atoms with Gasteiger partial charge in [-0.15, -0.1) is 0 Å². The fraction of sp³-hybridized carbons (Fsp3) is 0.111. The van der Waals surface area contributed by atoms with Gasteiger partial charge < -0.3 is 5.73 Å². The predicted octanol–water partition coefficient (Wildman–Crippen LogP) is 0.433. The van der Waals surface area contributed by atoms with Crippen molar-refractivity contribution in [2.45, 2.75) is 6.92 Å². The Balaban J connectivity index is 2.28. The molecule has 0 unspecified atom stereocenters. The highest BCUT2D eigenvalue weighted by molar-refractivity contribution is 7.80. The van der Waals surface area contributed by atoms with Gasteiger partial charge in [0.25, 0.3) is 0 Å². The Bertz CT molecular complexity index is 558. The second kappa shape index (κ2) is 4.23. The second-order valence-corrected chi connectivity index (χ2v) is 3.65. The van der Waals surface area contributed by atoms with Crippen molar-refractivity contribution in [2.24, 2.45) is 10.8 Å². The number of aromatic nitrogens is 3. The molecule has 0 amide bonds. The molecule has 0 atom stereocenters. The van der Waals surface area contributed by atoms with Crippen molar-refractivity contribution in [3.63, 3.8) is 0 Å². The first kappa shape index (κ1) is 10.5. The summed E-state index contributed by atoms with van der Waals surface area (Å²) in [6, 6.07) is 1.94. The highest BCUT2D eigenvalue weighted by Crippen LogP contribution is 2.13. The minimum atomic E-state index is 0.129. The van der Waals surface area contributed by atoms with Crippen LogP contribution in [0, 0.1) is 6.92 Å². The number of hydrazone groups is 1. The number of H-pyrrole nitrogens is 1. The normalized spacial score (nSPS) is 11.1. The Morgan fingerprint density at radius 1 is 1.69 bits per heavy atom. The maximum absolute atomic E-state index is 5.23. The lowest BCUT2D eigenvalue weighted by Crippen LogP contribution is -2.23. The Morgan fingerprint density at radius 2 is 2.50 bits per heavy atom. The van der Waals surface area contributed by atoms with Gasteiger partial charge in [-0.2, -0.15) is 10.2 Å². The molecule has 0 bridgehead atoms. The summed E-state index contributed by atoms with van der Waals surface area (Å²) in [6.45, 7) is 1.91. The molecule has 0 aromatic carbocycles. The van der Waals surface area contributed by atoms with E-state index in [2.05, 4.69) is 37.9 Å². The minimum absolute atomic E-state index is 0.129. The van der Waals surface area contributed by atoms with Crippen LogP contribution in [0.5, 0.6) is 0 Å². The van der Waals surface area contributed by atoms with E-state index in [1.54, 1.807) is 12.4 Å². The van der Waals surface area contributed by atoms with E-state index in [9.17, 15) is 0 Å². The minimum Gasteiger partial charge on any atom is -0.375 e. The summed E-state index contributed by atoms with van der Waals surface area (Å²) in [5.74, 6) is 0. The number of aryl methyl sites for hydroxylation is 1. The maximum Gasteiger partial charge on any atom is 0.184 e. The first-order valence-electron chi connectivity index (χ1n) is 4.56. The van der Waals surface area contributed by atoms with Crippen molar-refractivity contribution in [3.05, 3.63) is 23.5 Å². The van der Waals surface area contributed by atoms with Crippen molar-refractivity contribution in [1.29, 1.82) is 0 Å². The zero-order valence-corrected chi connectivity index (χ0v) is 9.38. The molecular weight excluding hydrogens is 224 g/mol. The molecule has 0 radical (unpaired) electrons. The highest BCUT2D eigenvalue weighted by atomic mass is 32.1. The molecule has 0 saturated heterocycles. The number of hydrogen-bond acceptors (Lipinski definition) is 4. The molecule has 0 aliphatic heterocycles. The lowest BCUT2D eigenvalue weighted by Gasteiger charge is -1.95. The Labute approximate surface area is 96.9 Å². The summed E-state index contributed by atoms with van der Waals surface area (Å²) in [5.41, 5.74) is 10.2. The van der Waals surface area contributed by atoms with Gasteiger partial charge in [0, 0.05) is 17.1 Å². The van der Waals surface area contributed by atoms with E-state index < -0.39 is 0 Å². The van der Waals surface area contributed by atoms with E-state index in [0.29, 0.717) is 0 Å². The van der Waals surface area contributed by atoms with E-state index in [-0.39, 0.29) is 5.11 Å². The topological polar surface area (TPSA) is 92.0 Å². The van der Waals surface area contributed by atoms with Gasteiger partial charge in [0.2, 0.25) is 0 Å². The largest absolute Gasteiger partial charge is 0.375 e. The molecule has 0 fully saturated rings. The smallest absolute Gasteiger partial charge is 0.184 e. The third kappa shape index (κ3) is 2.14. The van der Waals surface area contributed by atoms with Gasteiger partial charge in [-0.25, -0.2) is 4.98 Å². The lowest BCUT2D eigenvalue weighted by molar-refractivity contribution is 1.04. The van der Waals surface area contributed by atoms with Crippen molar-refractivity contribution >= 4 is 34.6 Å². The molecule has 0 aliphatic rings. The van der Waals surface area contributed by atoms with Crippen LogP contribution in [-0.2, 0) is 0 Å². The predicted molar refractivity (Wildman–Crippen MR) is 66.1 cm³/mol. The number of hydrogen-bond donors (Lipinski definition) is 3. The third-order valence-electron chi connectivity index (χ3n) is 2.02. The fourth-order valence-electron chi connectivity index (χ4n) is 1.28. The van der Waals surface area contributed by atoms with Crippen LogP contribution in [0.15, 0.2) is 17.4 Å². The van der Waals surface area contributed by atoms with Crippen LogP contribution in [0.2, 0.25) is 0 Å². The van der Waals surface area contributed by atoms with Crippen LogP contribution < -0.4 is 11.2 Å². The standard InChI is InChI=1S/C9H10N6S/c1-5-7-2-6(4-12-15-9(10)16)3-11-8(7)14-13-5/h2-4H,1H3,(H3,10,15,16)(H,11,13,14)/b12-4+. The van der Waals surface area contributed by atoms with Gasteiger partial charge in [-0.05, 0) is 25.2 Å². The zero-order chi connectivity index (χ0) is 11.5. The van der Waals surface area contributed by atoms with Gasteiger partial charge in [-0.1, -0.05) is 0 Å². The number of aromatic amines is 1. The number of nitrogens with one attached hydrogen (secondary N) is 2. The van der Waals surface area contributed by atoms with Crippen molar-refractivity contribution in [3.8, 4) is 0 Å². The zero-order valence-electron chi connectivity index (χ0n) is 8.56. The number of pyridine rings is 1. The van der Waals surface area contributed by atoms with E-state index in [4.69, 9.17) is 5.73 Å². The Hall–Kier alpha value is -2.02. The van der Waals surface area contributed by atoms with Crippen LogP contribution in [0.25, 0.3) is 11.0 Å². The molecule has 7 heteroatoms. The molecule has 0 spiro atoms. The molecular formula is C9H10N6S. The van der Waals surface area contributed by atoms with Gasteiger partial charge in [0.05, 0.1) is 11.9 Å². The molecule has 2 heterocycles.